The van der Waals surface area contributed by atoms with Crippen molar-refractivity contribution in [1.82, 2.24) is 9.97 Å². The average Bonchev–Trinajstić information content (AvgIpc) is 2.14. The van der Waals surface area contributed by atoms with Gasteiger partial charge in [0.2, 0.25) is 0 Å². The van der Waals surface area contributed by atoms with Gasteiger partial charge < -0.3 is 4.74 Å². The number of esters is 1. The second-order valence-electron chi connectivity index (χ2n) is 4.41. The molecule has 0 atom stereocenters. The number of ether oxygens (including phenoxy) is 1. The van der Waals surface area contributed by atoms with Gasteiger partial charge in [-0.25, -0.2) is 0 Å². The van der Waals surface area contributed by atoms with Crippen LogP contribution in [-0.4, -0.2) is 15.9 Å². The minimum Gasteiger partial charge on any atom is -0.459 e. The highest BCUT2D eigenvalue weighted by molar-refractivity contribution is 5.75. The maximum atomic E-state index is 11.5. The molecule has 0 saturated carbocycles. The van der Waals surface area contributed by atoms with Crippen molar-refractivity contribution in [1.29, 1.82) is 0 Å². The van der Waals surface area contributed by atoms with Crippen molar-refractivity contribution in [3.8, 4) is 0 Å². The largest absolute Gasteiger partial charge is 0.459 e. The van der Waals surface area contributed by atoms with Gasteiger partial charge in [-0.1, -0.05) is 0 Å². The molecular weight excluding hydrogens is 192 g/mol. The molecule has 1 heterocycles. The first kappa shape index (κ1) is 11.6. The van der Waals surface area contributed by atoms with E-state index in [0.29, 0.717) is 5.69 Å². The van der Waals surface area contributed by atoms with Crippen molar-refractivity contribution in [3.63, 3.8) is 0 Å². The maximum Gasteiger partial charge on any atom is 0.311 e. The molecule has 0 unspecified atom stereocenters. The lowest BCUT2D eigenvalue weighted by molar-refractivity contribution is -0.154. The Labute approximate surface area is 89.7 Å². The normalized spacial score (nSPS) is 11.2. The monoisotopic (exact) mass is 208 g/mol. The van der Waals surface area contributed by atoms with Gasteiger partial charge in [0.25, 0.3) is 0 Å². The van der Waals surface area contributed by atoms with Gasteiger partial charge in [0.1, 0.15) is 6.61 Å². The molecule has 0 saturated heterocycles. The van der Waals surface area contributed by atoms with E-state index in [1.165, 1.54) is 0 Å². The van der Waals surface area contributed by atoms with Crippen LogP contribution >= 0.6 is 0 Å². The van der Waals surface area contributed by atoms with Crippen molar-refractivity contribution in [2.45, 2.75) is 34.3 Å². The molecule has 0 aromatic carbocycles. The van der Waals surface area contributed by atoms with Crippen LogP contribution in [0.15, 0.2) is 12.4 Å². The van der Waals surface area contributed by atoms with E-state index < -0.39 is 5.41 Å². The predicted molar refractivity (Wildman–Crippen MR) is 56.0 cm³/mol. The fourth-order valence-corrected chi connectivity index (χ4v) is 0.928. The fourth-order valence-electron chi connectivity index (χ4n) is 0.928. The molecule has 0 fully saturated rings. The first-order chi connectivity index (χ1) is 6.91. The summed E-state index contributed by atoms with van der Waals surface area (Å²) in [5.74, 6) is -0.229. The Morgan fingerprint density at radius 2 is 1.93 bits per heavy atom. The number of aryl methyl sites for hydroxylation is 1. The van der Waals surface area contributed by atoms with Crippen LogP contribution < -0.4 is 0 Å². The highest BCUT2D eigenvalue weighted by Gasteiger charge is 2.23. The minimum absolute atomic E-state index is 0.190. The predicted octanol–water partition coefficient (Wildman–Crippen LogP) is 1.87. The van der Waals surface area contributed by atoms with Crippen LogP contribution in [0.25, 0.3) is 0 Å². The zero-order valence-corrected chi connectivity index (χ0v) is 9.57. The van der Waals surface area contributed by atoms with E-state index in [2.05, 4.69) is 9.97 Å². The first-order valence-corrected chi connectivity index (χ1v) is 4.85. The number of aromatic nitrogens is 2. The standard InChI is InChI=1S/C11H16N2O2/c1-8-9(13-6-5-12-8)7-15-10(14)11(2,3)4/h5-6H,7H2,1-4H3. The van der Waals surface area contributed by atoms with Gasteiger partial charge in [-0.05, 0) is 27.7 Å². The minimum atomic E-state index is -0.476. The Kier molecular flexibility index (Phi) is 3.39. The lowest BCUT2D eigenvalue weighted by Crippen LogP contribution is -2.23. The van der Waals surface area contributed by atoms with E-state index in [4.69, 9.17) is 4.74 Å². The highest BCUT2D eigenvalue weighted by Crippen LogP contribution is 2.16. The summed E-state index contributed by atoms with van der Waals surface area (Å²) in [6, 6.07) is 0. The number of nitrogens with zero attached hydrogens (tertiary/aromatic N) is 2. The number of carbonyl (C=O) groups excluding carboxylic acids is 1. The van der Waals surface area contributed by atoms with E-state index in [1.54, 1.807) is 12.4 Å². The molecule has 0 aliphatic heterocycles. The Balaban J connectivity index is 2.59. The lowest BCUT2D eigenvalue weighted by Gasteiger charge is -2.16. The third-order valence-electron chi connectivity index (χ3n) is 1.94. The summed E-state index contributed by atoms with van der Waals surface area (Å²) in [6.07, 6.45) is 3.21. The van der Waals surface area contributed by atoms with Crippen molar-refractivity contribution in [2.24, 2.45) is 5.41 Å². The van der Waals surface area contributed by atoms with Gasteiger partial charge in [0, 0.05) is 12.4 Å². The highest BCUT2D eigenvalue weighted by atomic mass is 16.5. The van der Waals surface area contributed by atoms with Crippen molar-refractivity contribution in [3.05, 3.63) is 23.8 Å². The molecule has 0 aliphatic rings. The van der Waals surface area contributed by atoms with Crippen LogP contribution in [0.5, 0.6) is 0 Å². The molecular formula is C11H16N2O2. The van der Waals surface area contributed by atoms with Crippen LogP contribution in [-0.2, 0) is 16.1 Å². The summed E-state index contributed by atoms with van der Waals surface area (Å²) >= 11 is 0. The number of hydrogen-bond acceptors (Lipinski definition) is 4. The molecule has 15 heavy (non-hydrogen) atoms. The molecule has 0 bridgehead atoms. The fraction of sp³-hybridized carbons (Fsp3) is 0.545. The SMILES string of the molecule is Cc1nccnc1COC(=O)C(C)(C)C. The van der Waals surface area contributed by atoms with Gasteiger partial charge in [-0.2, -0.15) is 0 Å². The topological polar surface area (TPSA) is 52.1 Å². The Bertz CT molecular complexity index is 356. The van der Waals surface area contributed by atoms with Gasteiger partial charge in [0.15, 0.2) is 0 Å². The Morgan fingerprint density at radius 3 is 2.47 bits per heavy atom. The molecule has 0 amide bonds. The van der Waals surface area contributed by atoms with Crippen LogP contribution in [0.2, 0.25) is 0 Å². The zero-order chi connectivity index (χ0) is 11.5. The summed E-state index contributed by atoms with van der Waals surface area (Å²) in [5.41, 5.74) is 1.02. The second-order valence-corrected chi connectivity index (χ2v) is 4.41. The average molecular weight is 208 g/mol. The van der Waals surface area contributed by atoms with Crippen molar-refractivity contribution >= 4 is 5.97 Å². The molecule has 0 aliphatic carbocycles. The third-order valence-corrected chi connectivity index (χ3v) is 1.94. The van der Waals surface area contributed by atoms with Crippen molar-refractivity contribution < 1.29 is 9.53 Å². The zero-order valence-electron chi connectivity index (χ0n) is 9.57. The van der Waals surface area contributed by atoms with Crippen LogP contribution in [0.4, 0.5) is 0 Å². The molecule has 4 nitrogen and oxygen atoms in total. The number of rotatable bonds is 2. The van der Waals surface area contributed by atoms with Crippen LogP contribution in [0.1, 0.15) is 32.2 Å². The molecule has 82 valence electrons. The molecule has 0 radical (unpaired) electrons. The van der Waals surface area contributed by atoms with E-state index in [1.807, 2.05) is 27.7 Å². The Morgan fingerprint density at radius 1 is 1.33 bits per heavy atom. The summed E-state index contributed by atoms with van der Waals surface area (Å²) in [7, 11) is 0. The van der Waals surface area contributed by atoms with Gasteiger partial charge in [-0.15, -0.1) is 0 Å². The van der Waals surface area contributed by atoms with Crippen LogP contribution in [0.3, 0.4) is 0 Å². The first-order valence-electron chi connectivity index (χ1n) is 4.85. The van der Waals surface area contributed by atoms with Crippen LogP contribution in [0, 0.1) is 12.3 Å². The smallest absolute Gasteiger partial charge is 0.311 e. The van der Waals surface area contributed by atoms with Gasteiger partial charge >= 0.3 is 5.97 Å². The molecule has 1 rings (SSSR count). The molecule has 1 aromatic rings. The second kappa shape index (κ2) is 4.38. The summed E-state index contributed by atoms with van der Waals surface area (Å²) in [5, 5.41) is 0. The van der Waals surface area contributed by atoms with Crippen molar-refractivity contribution in [2.75, 3.05) is 0 Å². The van der Waals surface area contributed by atoms with Gasteiger partial charge in [0.05, 0.1) is 16.8 Å². The van der Waals surface area contributed by atoms with E-state index in [-0.39, 0.29) is 12.6 Å². The lowest BCUT2D eigenvalue weighted by atomic mass is 9.97. The molecule has 0 spiro atoms. The number of hydrogen-bond donors (Lipinski definition) is 0. The van der Waals surface area contributed by atoms with Gasteiger partial charge in [-0.3, -0.25) is 14.8 Å². The molecule has 4 heteroatoms. The summed E-state index contributed by atoms with van der Waals surface area (Å²) in [6.45, 7) is 7.49. The maximum absolute atomic E-state index is 11.5. The quantitative estimate of drug-likeness (QED) is 0.696. The van der Waals surface area contributed by atoms with E-state index >= 15 is 0 Å². The van der Waals surface area contributed by atoms with E-state index in [9.17, 15) is 4.79 Å². The third kappa shape index (κ3) is 3.31. The Hall–Kier alpha value is -1.45. The molecule has 0 N–H and O–H groups in total. The summed E-state index contributed by atoms with van der Waals surface area (Å²) in [4.78, 5) is 19.6. The summed E-state index contributed by atoms with van der Waals surface area (Å²) < 4.78 is 5.13. The van der Waals surface area contributed by atoms with E-state index in [0.717, 1.165) is 5.69 Å². The number of carbonyl (C=O) groups is 1. The molecule has 1 aromatic heterocycles.